The summed E-state index contributed by atoms with van der Waals surface area (Å²) in [5.41, 5.74) is 0. The van der Waals surface area contributed by atoms with Crippen molar-refractivity contribution >= 4 is 30.8 Å². The van der Waals surface area contributed by atoms with E-state index < -0.39 is 0 Å². The second-order valence-electron chi connectivity index (χ2n) is 2.17. The van der Waals surface area contributed by atoms with Crippen molar-refractivity contribution < 1.29 is 9.47 Å². The second kappa shape index (κ2) is 5.73. The molecule has 0 N–H and O–H groups in total. The van der Waals surface area contributed by atoms with Crippen molar-refractivity contribution in [3.63, 3.8) is 0 Å². The Bertz CT molecular complexity index is 197. The van der Waals surface area contributed by atoms with E-state index in [-0.39, 0.29) is 6.29 Å². The Balaban J connectivity index is 2.25. The SMILES string of the molecule is COC(C[Se]c1ccsc1)OC. The molecule has 0 saturated carbocycles. The molecule has 0 atom stereocenters. The van der Waals surface area contributed by atoms with Gasteiger partial charge in [-0.05, 0) is 0 Å². The molecule has 0 bridgehead atoms. The predicted octanol–water partition coefficient (Wildman–Crippen LogP) is 1.11. The van der Waals surface area contributed by atoms with Crippen molar-refractivity contribution in [2.75, 3.05) is 14.2 Å². The van der Waals surface area contributed by atoms with Crippen LogP contribution in [-0.4, -0.2) is 35.5 Å². The molecule has 2 nitrogen and oxygen atoms in total. The average Bonchev–Trinajstić information content (AvgIpc) is 2.59. The van der Waals surface area contributed by atoms with Gasteiger partial charge in [-0.15, -0.1) is 0 Å². The molecule has 68 valence electrons. The van der Waals surface area contributed by atoms with Gasteiger partial charge in [0.1, 0.15) is 0 Å². The van der Waals surface area contributed by atoms with Crippen LogP contribution in [0, 0.1) is 0 Å². The van der Waals surface area contributed by atoms with Crippen molar-refractivity contribution in [1.29, 1.82) is 0 Å². The van der Waals surface area contributed by atoms with Crippen LogP contribution in [0.5, 0.6) is 0 Å². The minimum absolute atomic E-state index is 0.0371. The van der Waals surface area contributed by atoms with Crippen LogP contribution < -0.4 is 4.46 Å². The van der Waals surface area contributed by atoms with E-state index in [1.165, 1.54) is 4.46 Å². The summed E-state index contributed by atoms with van der Waals surface area (Å²) in [4.78, 5) is 0. The number of hydrogen-bond acceptors (Lipinski definition) is 3. The van der Waals surface area contributed by atoms with E-state index in [0.29, 0.717) is 15.0 Å². The standard InChI is InChI=1S/C8H12O2SSe/c1-9-8(10-2)6-12-7-3-4-11-5-7/h3-5,8H,6H2,1-2H3. The summed E-state index contributed by atoms with van der Waals surface area (Å²) in [5, 5.41) is 5.27. The zero-order chi connectivity index (χ0) is 8.81. The van der Waals surface area contributed by atoms with Crippen LogP contribution in [0.2, 0.25) is 5.32 Å². The monoisotopic (exact) mass is 252 g/mol. The maximum absolute atomic E-state index is 5.09. The third-order valence-electron chi connectivity index (χ3n) is 1.41. The third-order valence-corrected chi connectivity index (χ3v) is 4.58. The first kappa shape index (κ1) is 10.2. The molecule has 0 aliphatic rings. The Hall–Kier alpha value is 0.139. The van der Waals surface area contributed by atoms with Crippen LogP contribution in [0.1, 0.15) is 0 Å². The Morgan fingerprint density at radius 1 is 1.50 bits per heavy atom. The minimum atomic E-state index is -0.0371. The van der Waals surface area contributed by atoms with Gasteiger partial charge in [-0.3, -0.25) is 0 Å². The Kier molecular flexibility index (Phi) is 4.88. The van der Waals surface area contributed by atoms with Gasteiger partial charge < -0.3 is 0 Å². The zero-order valence-corrected chi connectivity index (χ0v) is 9.68. The van der Waals surface area contributed by atoms with Crippen molar-refractivity contribution in [1.82, 2.24) is 0 Å². The van der Waals surface area contributed by atoms with Gasteiger partial charge in [-0.1, -0.05) is 0 Å². The summed E-state index contributed by atoms with van der Waals surface area (Å²) in [6.45, 7) is 0. The first-order valence-electron chi connectivity index (χ1n) is 3.57. The molecule has 0 spiro atoms. The van der Waals surface area contributed by atoms with E-state index in [4.69, 9.17) is 9.47 Å². The third kappa shape index (κ3) is 3.25. The fraction of sp³-hybridized carbons (Fsp3) is 0.500. The molecule has 1 rings (SSSR count). The van der Waals surface area contributed by atoms with Gasteiger partial charge in [0.15, 0.2) is 0 Å². The average molecular weight is 251 g/mol. The molecule has 1 aromatic heterocycles. The molecule has 12 heavy (non-hydrogen) atoms. The molecule has 0 fully saturated rings. The molecule has 0 unspecified atom stereocenters. The molecule has 1 aromatic rings. The topological polar surface area (TPSA) is 18.5 Å². The summed E-state index contributed by atoms with van der Waals surface area (Å²) in [7, 11) is 3.36. The number of methoxy groups -OCH3 is 2. The molecule has 0 amide bonds. The van der Waals surface area contributed by atoms with Gasteiger partial charge in [0.25, 0.3) is 0 Å². The van der Waals surface area contributed by atoms with Crippen LogP contribution in [0.15, 0.2) is 16.8 Å². The molecule has 1 heterocycles. The second-order valence-corrected chi connectivity index (χ2v) is 5.25. The summed E-state index contributed by atoms with van der Waals surface area (Å²) in [6.07, 6.45) is -0.0371. The van der Waals surface area contributed by atoms with Crippen molar-refractivity contribution in [3.8, 4) is 0 Å². The first-order valence-corrected chi connectivity index (χ1v) is 6.58. The van der Waals surface area contributed by atoms with Crippen LogP contribution in [0.3, 0.4) is 0 Å². The van der Waals surface area contributed by atoms with Crippen molar-refractivity contribution in [3.05, 3.63) is 16.8 Å². The van der Waals surface area contributed by atoms with E-state index >= 15 is 0 Å². The van der Waals surface area contributed by atoms with Crippen molar-refractivity contribution in [2.24, 2.45) is 0 Å². The zero-order valence-electron chi connectivity index (χ0n) is 7.15. The van der Waals surface area contributed by atoms with Gasteiger partial charge in [0.2, 0.25) is 0 Å². The summed E-state index contributed by atoms with van der Waals surface area (Å²) >= 11 is 2.22. The van der Waals surface area contributed by atoms with Crippen molar-refractivity contribution in [2.45, 2.75) is 11.6 Å². The molecule has 0 aliphatic heterocycles. The van der Waals surface area contributed by atoms with Crippen LogP contribution in [0.4, 0.5) is 0 Å². The quantitative estimate of drug-likeness (QED) is 0.576. The van der Waals surface area contributed by atoms with Gasteiger partial charge in [-0.25, -0.2) is 0 Å². The van der Waals surface area contributed by atoms with E-state index in [0.717, 1.165) is 5.32 Å². The fourth-order valence-corrected chi connectivity index (χ4v) is 3.89. The number of hydrogen-bond donors (Lipinski definition) is 0. The van der Waals surface area contributed by atoms with E-state index in [1.54, 1.807) is 25.6 Å². The maximum atomic E-state index is 5.09. The summed E-state index contributed by atoms with van der Waals surface area (Å²) in [6, 6.07) is 2.16. The summed E-state index contributed by atoms with van der Waals surface area (Å²) in [5.74, 6) is 0. The Morgan fingerprint density at radius 3 is 2.75 bits per heavy atom. The molecule has 4 heteroatoms. The van der Waals surface area contributed by atoms with Gasteiger partial charge >= 0.3 is 82.9 Å². The van der Waals surface area contributed by atoms with Gasteiger partial charge in [0, 0.05) is 0 Å². The number of rotatable bonds is 5. The van der Waals surface area contributed by atoms with Crippen LogP contribution in [-0.2, 0) is 9.47 Å². The Labute approximate surface area is 83.0 Å². The van der Waals surface area contributed by atoms with E-state index in [9.17, 15) is 0 Å². The molecule has 0 aliphatic carbocycles. The normalized spacial score (nSPS) is 10.9. The molecule has 0 radical (unpaired) electrons. The predicted molar refractivity (Wildman–Crippen MR) is 52.3 cm³/mol. The van der Waals surface area contributed by atoms with Gasteiger partial charge in [0.05, 0.1) is 0 Å². The Morgan fingerprint density at radius 2 is 2.25 bits per heavy atom. The molecular formula is C8H12O2SSe. The van der Waals surface area contributed by atoms with E-state index in [2.05, 4.69) is 16.8 Å². The molecule has 0 saturated heterocycles. The fourth-order valence-electron chi connectivity index (χ4n) is 0.731. The van der Waals surface area contributed by atoms with Crippen LogP contribution >= 0.6 is 11.3 Å². The summed E-state index contributed by atoms with van der Waals surface area (Å²) < 4.78 is 11.6. The van der Waals surface area contributed by atoms with E-state index in [1.807, 2.05) is 0 Å². The molecular weight excluding hydrogens is 239 g/mol. The first-order chi connectivity index (χ1) is 5.86. The number of thiophene rings is 1. The molecule has 0 aromatic carbocycles. The number of ether oxygens (including phenoxy) is 2. The van der Waals surface area contributed by atoms with Crippen LogP contribution in [0.25, 0.3) is 0 Å². The van der Waals surface area contributed by atoms with Gasteiger partial charge in [-0.2, -0.15) is 0 Å².